The fraction of sp³-hybridized carbons (Fsp3) is 0.333. The Morgan fingerprint density at radius 3 is 1.72 bits per heavy atom. The van der Waals surface area contributed by atoms with E-state index >= 15 is 0 Å². The first kappa shape index (κ1) is 14.2. The molecule has 0 atom stereocenters. The fourth-order valence-electron chi connectivity index (χ4n) is 1.11. The van der Waals surface area contributed by atoms with Crippen molar-refractivity contribution in [3.05, 3.63) is 29.6 Å². The zero-order valence-electron chi connectivity index (χ0n) is 8.27. The van der Waals surface area contributed by atoms with E-state index in [9.17, 15) is 30.7 Å². The van der Waals surface area contributed by atoms with Gasteiger partial charge in [0.15, 0.2) is 0 Å². The first-order valence-electron chi connectivity index (χ1n) is 4.23. The lowest BCUT2D eigenvalue weighted by molar-refractivity contribution is -0.350. The third-order valence-corrected chi connectivity index (χ3v) is 2.03. The van der Waals surface area contributed by atoms with E-state index in [1.807, 2.05) is 0 Å². The van der Waals surface area contributed by atoms with Crippen LogP contribution in [0.4, 0.5) is 30.7 Å². The molecule has 18 heavy (non-hydrogen) atoms. The van der Waals surface area contributed by atoms with Gasteiger partial charge >= 0.3 is 18.0 Å². The molecule has 0 N–H and O–H groups in total. The number of alkyl halides is 7. The van der Waals surface area contributed by atoms with Crippen molar-refractivity contribution in [2.75, 3.05) is 0 Å². The third kappa shape index (κ3) is 2.10. The van der Waals surface area contributed by atoms with Crippen LogP contribution in [0.3, 0.4) is 0 Å². The summed E-state index contributed by atoms with van der Waals surface area (Å²) in [7, 11) is 0. The van der Waals surface area contributed by atoms with Gasteiger partial charge in [0.05, 0.1) is 11.3 Å². The maximum Gasteiger partial charge on any atom is 0.437 e. The standard InChI is InChI=1S/C9H3F7N2/c10-7(8(11,12)13,9(14,15)16)6-2-1-5(3-17)4-18-6/h1-2,4H. The molecule has 98 valence electrons. The zero-order valence-corrected chi connectivity index (χ0v) is 8.27. The lowest BCUT2D eigenvalue weighted by Crippen LogP contribution is -2.50. The van der Waals surface area contributed by atoms with E-state index in [0.717, 1.165) is 0 Å². The van der Waals surface area contributed by atoms with Crippen LogP contribution in [0.5, 0.6) is 0 Å². The summed E-state index contributed by atoms with van der Waals surface area (Å²) in [5, 5.41) is 8.32. The molecule has 0 unspecified atom stereocenters. The van der Waals surface area contributed by atoms with Gasteiger partial charge in [-0.3, -0.25) is 4.98 Å². The van der Waals surface area contributed by atoms with Crippen molar-refractivity contribution in [3.63, 3.8) is 0 Å². The van der Waals surface area contributed by atoms with Crippen molar-refractivity contribution >= 4 is 0 Å². The van der Waals surface area contributed by atoms with Gasteiger partial charge in [0.2, 0.25) is 0 Å². The second kappa shape index (κ2) is 4.12. The summed E-state index contributed by atoms with van der Waals surface area (Å²) in [6, 6.07) is 2.23. The molecule has 0 aliphatic rings. The highest BCUT2D eigenvalue weighted by atomic mass is 19.4. The van der Waals surface area contributed by atoms with E-state index in [2.05, 4.69) is 4.98 Å². The van der Waals surface area contributed by atoms with Gasteiger partial charge in [-0.25, -0.2) is 4.39 Å². The zero-order chi connectivity index (χ0) is 14.2. The van der Waals surface area contributed by atoms with Crippen molar-refractivity contribution < 1.29 is 30.7 Å². The van der Waals surface area contributed by atoms with Crippen molar-refractivity contribution in [3.8, 4) is 6.07 Å². The quantitative estimate of drug-likeness (QED) is 0.736. The van der Waals surface area contributed by atoms with Crippen molar-refractivity contribution in [2.45, 2.75) is 18.0 Å². The van der Waals surface area contributed by atoms with Crippen LogP contribution in [0.25, 0.3) is 0 Å². The highest BCUT2D eigenvalue weighted by molar-refractivity contribution is 5.29. The minimum atomic E-state index is -6.20. The second-order valence-corrected chi connectivity index (χ2v) is 3.20. The van der Waals surface area contributed by atoms with Gasteiger partial charge in [-0.15, -0.1) is 0 Å². The van der Waals surface area contributed by atoms with Gasteiger partial charge < -0.3 is 0 Å². The highest BCUT2D eigenvalue weighted by Gasteiger charge is 2.74. The summed E-state index contributed by atoms with van der Waals surface area (Å²) in [6.07, 6.45) is -12.0. The molecular weight excluding hydrogens is 269 g/mol. The Labute approximate surface area is 95.7 Å². The molecule has 0 amide bonds. The van der Waals surface area contributed by atoms with Crippen LogP contribution in [-0.4, -0.2) is 17.3 Å². The first-order valence-corrected chi connectivity index (χ1v) is 4.23. The Morgan fingerprint density at radius 1 is 0.944 bits per heavy atom. The van der Waals surface area contributed by atoms with Crippen LogP contribution in [-0.2, 0) is 5.67 Å². The number of hydrogen-bond donors (Lipinski definition) is 0. The first-order chi connectivity index (χ1) is 8.04. The number of nitriles is 1. The highest BCUT2D eigenvalue weighted by Crippen LogP contribution is 2.52. The van der Waals surface area contributed by atoms with Crippen LogP contribution >= 0.6 is 0 Å². The van der Waals surface area contributed by atoms with Gasteiger partial charge in [0, 0.05) is 6.20 Å². The predicted molar refractivity (Wildman–Crippen MR) is 43.8 cm³/mol. The lowest BCUT2D eigenvalue weighted by atomic mass is 9.99. The lowest BCUT2D eigenvalue weighted by Gasteiger charge is -2.29. The molecule has 1 aromatic rings. The van der Waals surface area contributed by atoms with E-state index in [-0.39, 0.29) is 11.6 Å². The number of aromatic nitrogens is 1. The monoisotopic (exact) mass is 272 g/mol. The topological polar surface area (TPSA) is 36.7 Å². The largest absolute Gasteiger partial charge is 0.437 e. The molecule has 0 radical (unpaired) electrons. The Balaban J connectivity index is 3.42. The van der Waals surface area contributed by atoms with Crippen LogP contribution in [0.2, 0.25) is 0 Å². The van der Waals surface area contributed by atoms with E-state index in [1.165, 1.54) is 6.07 Å². The summed E-state index contributed by atoms with van der Waals surface area (Å²) in [5.74, 6) is 0. The molecule has 0 aliphatic heterocycles. The van der Waals surface area contributed by atoms with Crippen LogP contribution in [0.15, 0.2) is 18.3 Å². The smallest absolute Gasteiger partial charge is 0.256 e. The molecule has 1 rings (SSSR count). The number of pyridine rings is 1. The molecule has 0 spiro atoms. The van der Waals surface area contributed by atoms with Gasteiger partial charge in [-0.05, 0) is 12.1 Å². The average Bonchev–Trinajstić information content (AvgIpc) is 2.25. The predicted octanol–water partition coefficient (Wildman–Crippen LogP) is 3.24. The minimum absolute atomic E-state index is 0.180. The van der Waals surface area contributed by atoms with Crippen molar-refractivity contribution in [1.29, 1.82) is 5.26 Å². The molecule has 0 saturated carbocycles. The summed E-state index contributed by atoms with van der Waals surface area (Å²) >= 11 is 0. The molecule has 1 heterocycles. The van der Waals surface area contributed by atoms with Crippen molar-refractivity contribution in [1.82, 2.24) is 4.98 Å². The van der Waals surface area contributed by atoms with E-state index < -0.39 is 23.7 Å². The SMILES string of the molecule is N#Cc1ccc(C(F)(C(F)(F)F)C(F)(F)F)nc1. The number of hydrogen-bond acceptors (Lipinski definition) is 2. The summed E-state index contributed by atoms with van der Waals surface area (Å²) in [6.45, 7) is 0. The van der Waals surface area contributed by atoms with E-state index in [1.54, 1.807) is 0 Å². The van der Waals surface area contributed by atoms with E-state index in [0.29, 0.717) is 12.3 Å². The Morgan fingerprint density at radius 2 is 1.44 bits per heavy atom. The molecule has 0 saturated heterocycles. The maximum absolute atomic E-state index is 13.4. The number of nitrogens with zero attached hydrogens (tertiary/aromatic N) is 2. The molecule has 0 bridgehead atoms. The minimum Gasteiger partial charge on any atom is -0.256 e. The van der Waals surface area contributed by atoms with Gasteiger partial charge in [0.25, 0.3) is 0 Å². The van der Waals surface area contributed by atoms with Crippen LogP contribution in [0.1, 0.15) is 11.3 Å². The van der Waals surface area contributed by atoms with Crippen LogP contribution < -0.4 is 0 Å². The Kier molecular flexibility index (Phi) is 3.25. The van der Waals surface area contributed by atoms with Crippen LogP contribution in [0, 0.1) is 11.3 Å². The van der Waals surface area contributed by atoms with Gasteiger partial charge in [-0.2, -0.15) is 31.6 Å². The maximum atomic E-state index is 13.4. The fourth-order valence-corrected chi connectivity index (χ4v) is 1.11. The molecular formula is C9H3F7N2. The average molecular weight is 272 g/mol. The van der Waals surface area contributed by atoms with E-state index in [4.69, 9.17) is 5.26 Å². The summed E-state index contributed by atoms with van der Waals surface area (Å²) in [5.41, 5.74) is -7.71. The molecule has 9 heteroatoms. The molecule has 2 nitrogen and oxygen atoms in total. The summed E-state index contributed by atoms with van der Waals surface area (Å²) < 4.78 is 87.0. The van der Waals surface area contributed by atoms with Gasteiger partial charge in [-0.1, -0.05) is 0 Å². The Bertz CT molecular complexity index is 452. The molecule has 0 aromatic carbocycles. The summed E-state index contributed by atoms with van der Waals surface area (Å²) in [4.78, 5) is 2.72. The molecule has 1 aromatic heterocycles. The third-order valence-electron chi connectivity index (χ3n) is 2.03. The second-order valence-electron chi connectivity index (χ2n) is 3.20. The normalized spacial score (nSPS) is 13.2. The van der Waals surface area contributed by atoms with Crippen molar-refractivity contribution in [2.24, 2.45) is 0 Å². The number of rotatable bonds is 1. The number of halogens is 7. The molecule has 0 aliphatic carbocycles. The Hall–Kier alpha value is -1.85. The van der Waals surface area contributed by atoms with Gasteiger partial charge in [0.1, 0.15) is 6.07 Å². The molecule has 0 fully saturated rings.